The Morgan fingerprint density at radius 2 is 1.68 bits per heavy atom. The van der Waals surface area contributed by atoms with Crippen molar-refractivity contribution in [2.75, 3.05) is 40.3 Å². The molecule has 1 aliphatic carbocycles. The van der Waals surface area contributed by atoms with Crippen molar-refractivity contribution in [2.24, 2.45) is 5.73 Å². The largest absolute Gasteiger partial charge is 0.338 e. The number of carbonyl (C=O) groups excluding carboxylic acids is 1. The molecule has 0 radical (unpaired) electrons. The number of rotatable bonds is 3. The smallest absolute Gasteiger partial charge is 0.281 e. The molecule has 1 heterocycles. The van der Waals surface area contributed by atoms with E-state index in [4.69, 9.17) is 5.73 Å². The van der Waals surface area contributed by atoms with Gasteiger partial charge >= 0.3 is 0 Å². The zero-order valence-corrected chi connectivity index (χ0v) is 12.3. The number of piperazine rings is 1. The molecule has 0 aromatic rings. The molecule has 2 N–H and O–H groups in total. The van der Waals surface area contributed by atoms with Gasteiger partial charge in [0, 0.05) is 40.3 Å². The Morgan fingerprint density at radius 3 is 2.05 bits per heavy atom. The molecule has 1 aliphatic heterocycles. The summed E-state index contributed by atoms with van der Waals surface area (Å²) in [5.41, 5.74) is 5.32. The lowest BCUT2D eigenvalue weighted by Gasteiger charge is -2.43. The first-order valence-electron chi connectivity index (χ1n) is 6.53. The molecule has 2 aliphatic rings. The third kappa shape index (κ3) is 2.62. The summed E-state index contributed by atoms with van der Waals surface area (Å²) in [5, 5.41) is 0. The molecule has 1 amide bonds. The standard InChI is InChI=1S/C11H22N4O3S/c1-13(2)19(17,18)15-8-6-14(7-9-15)10(16)11(12)4-3-5-11/h3-9,12H2,1-2H3. The first-order valence-corrected chi connectivity index (χ1v) is 7.93. The van der Waals surface area contributed by atoms with Gasteiger partial charge in [0.25, 0.3) is 10.2 Å². The Hall–Kier alpha value is -0.700. The Bertz CT molecular complexity index is 451. The fourth-order valence-corrected chi connectivity index (χ4v) is 3.53. The molecule has 2 rings (SSSR count). The first kappa shape index (κ1) is 14.7. The minimum atomic E-state index is -3.38. The van der Waals surface area contributed by atoms with Crippen molar-refractivity contribution in [3.63, 3.8) is 0 Å². The minimum Gasteiger partial charge on any atom is -0.338 e. The minimum absolute atomic E-state index is 0.0272. The fourth-order valence-electron chi connectivity index (χ4n) is 2.44. The average Bonchev–Trinajstić information content (AvgIpc) is 2.35. The molecule has 0 aromatic carbocycles. The first-order chi connectivity index (χ1) is 8.77. The predicted molar refractivity (Wildman–Crippen MR) is 71.5 cm³/mol. The second kappa shape index (κ2) is 5.01. The molecule has 1 saturated heterocycles. The van der Waals surface area contributed by atoms with Crippen LogP contribution in [0.5, 0.6) is 0 Å². The van der Waals surface area contributed by atoms with Crippen LogP contribution in [-0.4, -0.2) is 73.6 Å². The zero-order chi connectivity index (χ0) is 14.3. The van der Waals surface area contributed by atoms with Crippen molar-refractivity contribution >= 4 is 16.1 Å². The highest BCUT2D eigenvalue weighted by atomic mass is 32.2. The Kier molecular flexibility index (Phi) is 3.87. The van der Waals surface area contributed by atoms with Gasteiger partial charge in [-0.3, -0.25) is 4.79 Å². The molecule has 0 bridgehead atoms. The maximum Gasteiger partial charge on any atom is 0.281 e. The van der Waals surface area contributed by atoms with E-state index in [9.17, 15) is 13.2 Å². The highest BCUT2D eigenvalue weighted by molar-refractivity contribution is 7.86. The maximum absolute atomic E-state index is 12.2. The summed E-state index contributed by atoms with van der Waals surface area (Å²) in [4.78, 5) is 13.9. The average molecular weight is 290 g/mol. The molecule has 19 heavy (non-hydrogen) atoms. The van der Waals surface area contributed by atoms with Crippen LogP contribution in [0.2, 0.25) is 0 Å². The lowest BCUT2D eigenvalue weighted by molar-refractivity contribution is -0.141. The van der Waals surface area contributed by atoms with E-state index in [1.165, 1.54) is 22.7 Å². The molecule has 8 heteroatoms. The van der Waals surface area contributed by atoms with Crippen LogP contribution < -0.4 is 5.73 Å². The Morgan fingerprint density at radius 1 is 1.16 bits per heavy atom. The number of amides is 1. The molecule has 0 atom stereocenters. The molecule has 0 spiro atoms. The summed E-state index contributed by atoms with van der Waals surface area (Å²) in [6, 6.07) is 0. The third-order valence-corrected chi connectivity index (χ3v) is 5.93. The molecule has 2 fully saturated rings. The van der Waals surface area contributed by atoms with Crippen LogP contribution in [0.25, 0.3) is 0 Å². The van der Waals surface area contributed by atoms with Gasteiger partial charge in [0.05, 0.1) is 5.54 Å². The molecule has 1 saturated carbocycles. The summed E-state index contributed by atoms with van der Waals surface area (Å²) in [5.74, 6) is -0.0272. The number of hydrogen-bond acceptors (Lipinski definition) is 4. The van der Waals surface area contributed by atoms with E-state index in [0.29, 0.717) is 26.2 Å². The predicted octanol–water partition coefficient (Wildman–Crippen LogP) is -1.18. The molecule has 0 aromatic heterocycles. The highest BCUT2D eigenvalue weighted by Gasteiger charge is 2.43. The van der Waals surface area contributed by atoms with E-state index >= 15 is 0 Å². The van der Waals surface area contributed by atoms with E-state index in [0.717, 1.165) is 19.3 Å². The summed E-state index contributed by atoms with van der Waals surface area (Å²) in [7, 11) is -0.359. The second-order valence-electron chi connectivity index (χ2n) is 5.49. The Labute approximate surface area is 114 Å². The summed E-state index contributed by atoms with van der Waals surface area (Å²) in [6.45, 7) is 1.51. The Balaban J connectivity index is 1.94. The molecule has 110 valence electrons. The van der Waals surface area contributed by atoms with Gasteiger partial charge in [-0.25, -0.2) is 0 Å². The topological polar surface area (TPSA) is 87.0 Å². The summed E-state index contributed by atoms with van der Waals surface area (Å²) in [6.07, 6.45) is 2.47. The molecule has 7 nitrogen and oxygen atoms in total. The van der Waals surface area contributed by atoms with E-state index in [1.54, 1.807) is 4.90 Å². The maximum atomic E-state index is 12.2. The van der Waals surface area contributed by atoms with Crippen molar-refractivity contribution in [3.05, 3.63) is 0 Å². The van der Waals surface area contributed by atoms with E-state index in [-0.39, 0.29) is 5.91 Å². The van der Waals surface area contributed by atoms with Crippen molar-refractivity contribution in [3.8, 4) is 0 Å². The quantitative estimate of drug-likeness (QED) is 0.709. The zero-order valence-electron chi connectivity index (χ0n) is 11.5. The lowest BCUT2D eigenvalue weighted by atomic mass is 9.76. The van der Waals surface area contributed by atoms with Gasteiger partial charge in [0.15, 0.2) is 0 Å². The monoisotopic (exact) mass is 290 g/mol. The number of hydrogen-bond donors (Lipinski definition) is 1. The van der Waals surface area contributed by atoms with Crippen molar-refractivity contribution in [2.45, 2.75) is 24.8 Å². The summed E-state index contributed by atoms with van der Waals surface area (Å²) < 4.78 is 26.5. The summed E-state index contributed by atoms with van der Waals surface area (Å²) >= 11 is 0. The van der Waals surface area contributed by atoms with Gasteiger partial charge < -0.3 is 10.6 Å². The number of nitrogens with zero attached hydrogens (tertiary/aromatic N) is 3. The van der Waals surface area contributed by atoms with Gasteiger partial charge in [-0.1, -0.05) is 0 Å². The van der Waals surface area contributed by atoms with Crippen LogP contribution in [0.4, 0.5) is 0 Å². The molecular weight excluding hydrogens is 268 g/mol. The van der Waals surface area contributed by atoms with Crippen LogP contribution in [0.15, 0.2) is 0 Å². The number of carbonyl (C=O) groups is 1. The van der Waals surface area contributed by atoms with Crippen LogP contribution in [-0.2, 0) is 15.0 Å². The van der Waals surface area contributed by atoms with E-state index in [1.807, 2.05) is 0 Å². The van der Waals surface area contributed by atoms with Crippen LogP contribution in [0.1, 0.15) is 19.3 Å². The molecular formula is C11H22N4O3S. The fraction of sp³-hybridized carbons (Fsp3) is 0.909. The second-order valence-corrected chi connectivity index (χ2v) is 7.63. The highest BCUT2D eigenvalue weighted by Crippen LogP contribution is 2.31. The number of nitrogens with two attached hydrogens (primary N) is 1. The SMILES string of the molecule is CN(C)S(=O)(=O)N1CCN(C(=O)C2(N)CCC2)CC1. The van der Waals surface area contributed by atoms with E-state index in [2.05, 4.69) is 0 Å². The van der Waals surface area contributed by atoms with E-state index < -0.39 is 15.7 Å². The molecule has 0 unspecified atom stereocenters. The van der Waals surface area contributed by atoms with Gasteiger partial charge in [-0.2, -0.15) is 17.0 Å². The normalized spacial score (nSPS) is 24.3. The van der Waals surface area contributed by atoms with Gasteiger partial charge in [0.2, 0.25) is 5.91 Å². The third-order valence-electron chi connectivity index (χ3n) is 3.99. The lowest BCUT2D eigenvalue weighted by Crippen LogP contribution is -2.63. The van der Waals surface area contributed by atoms with Gasteiger partial charge in [0.1, 0.15) is 0 Å². The van der Waals surface area contributed by atoms with Crippen LogP contribution >= 0.6 is 0 Å². The van der Waals surface area contributed by atoms with Crippen molar-refractivity contribution in [1.82, 2.24) is 13.5 Å². The van der Waals surface area contributed by atoms with Gasteiger partial charge in [-0.05, 0) is 19.3 Å². The van der Waals surface area contributed by atoms with Crippen LogP contribution in [0, 0.1) is 0 Å². The van der Waals surface area contributed by atoms with Crippen molar-refractivity contribution < 1.29 is 13.2 Å². The van der Waals surface area contributed by atoms with Crippen LogP contribution in [0.3, 0.4) is 0 Å². The van der Waals surface area contributed by atoms with Crippen molar-refractivity contribution in [1.29, 1.82) is 0 Å². The van der Waals surface area contributed by atoms with Gasteiger partial charge in [-0.15, -0.1) is 0 Å².